The third kappa shape index (κ3) is 7.39. The van der Waals surface area contributed by atoms with Gasteiger partial charge in [0.2, 0.25) is 0 Å². The van der Waals surface area contributed by atoms with E-state index in [0.717, 1.165) is 0 Å². The van der Waals surface area contributed by atoms with Crippen LogP contribution in [0, 0.1) is 0 Å². The molecule has 0 radical (unpaired) electrons. The number of aryl methyl sites for hydroxylation is 2. The molecule has 1 aromatic carbocycles. The highest BCUT2D eigenvalue weighted by atomic mass is 16.4. The van der Waals surface area contributed by atoms with Gasteiger partial charge in [0.15, 0.2) is 11.9 Å². The number of guanidine groups is 2. The highest BCUT2D eigenvalue weighted by Crippen LogP contribution is 2.31. The number of amides is 3. The van der Waals surface area contributed by atoms with Gasteiger partial charge >= 0.3 is 5.97 Å². The number of nitrogens with zero attached hydrogens (tertiary/aromatic N) is 5. The van der Waals surface area contributed by atoms with Crippen LogP contribution in [0.25, 0.3) is 10.9 Å². The second-order valence-electron chi connectivity index (χ2n) is 9.94. The zero-order valence-corrected chi connectivity index (χ0v) is 24.6. The van der Waals surface area contributed by atoms with Crippen LogP contribution in [0.15, 0.2) is 58.8 Å². The molecule has 12 N–H and O–H groups in total. The molecule has 0 atom stereocenters. The number of carbonyl (C=O) groups is 4. The van der Waals surface area contributed by atoms with Crippen molar-refractivity contribution >= 4 is 57.9 Å². The number of nitrogens with two attached hydrogens (primary N) is 4. The Labute approximate surface area is 256 Å². The highest BCUT2D eigenvalue weighted by molar-refractivity contribution is 6.13. The maximum atomic E-state index is 14.1. The summed E-state index contributed by atoms with van der Waals surface area (Å²) < 4.78 is 3.10. The quantitative estimate of drug-likeness (QED) is 0.0578. The largest absolute Gasteiger partial charge is 0.478 e. The molecule has 3 amide bonds. The smallest absolute Gasteiger partial charge is 0.335 e. The molecule has 0 aliphatic rings. The number of benzene rings is 1. The minimum Gasteiger partial charge on any atom is -0.478 e. The van der Waals surface area contributed by atoms with E-state index in [0.29, 0.717) is 22.3 Å². The Morgan fingerprint density at radius 2 is 1.33 bits per heavy atom. The summed E-state index contributed by atoms with van der Waals surface area (Å²) in [4.78, 5) is 63.6. The van der Waals surface area contributed by atoms with E-state index in [-0.39, 0.29) is 60.7 Å². The molecule has 45 heavy (non-hydrogen) atoms. The maximum Gasteiger partial charge on any atom is 0.335 e. The Morgan fingerprint density at radius 1 is 0.822 bits per heavy atom. The second kappa shape index (κ2) is 13.4. The van der Waals surface area contributed by atoms with Crippen LogP contribution in [-0.4, -0.2) is 81.0 Å². The number of aromatic nitrogens is 3. The van der Waals surface area contributed by atoms with Crippen molar-refractivity contribution in [1.29, 1.82) is 0 Å². The molecule has 0 saturated heterocycles. The molecular formula is C28H34N12O5. The third-order valence-electron chi connectivity index (χ3n) is 6.65. The molecular weight excluding hydrogens is 584 g/mol. The fourth-order valence-electron chi connectivity index (χ4n) is 4.57. The van der Waals surface area contributed by atoms with Gasteiger partial charge in [-0.3, -0.25) is 29.3 Å². The zero-order chi connectivity index (χ0) is 32.8. The first kappa shape index (κ1) is 31.7. The van der Waals surface area contributed by atoms with E-state index in [1.807, 2.05) is 0 Å². The minimum atomic E-state index is -1.10. The van der Waals surface area contributed by atoms with Crippen LogP contribution in [-0.2, 0) is 14.1 Å². The molecule has 4 rings (SSSR count). The first-order chi connectivity index (χ1) is 21.3. The van der Waals surface area contributed by atoms with Gasteiger partial charge in [-0.05, 0) is 36.4 Å². The van der Waals surface area contributed by atoms with Crippen molar-refractivity contribution < 1.29 is 24.3 Å². The molecule has 17 heteroatoms. The summed E-state index contributed by atoms with van der Waals surface area (Å²) in [6.07, 6.45) is 3.19. The molecule has 0 saturated carbocycles. The Hall–Kier alpha value is -6.26. The van der Waals surface area contributed by atoms with E-state index in [9.17, 15) is 24.3 Å². The number of carboxylic acid groups (broad SMARTS) is 1. The van der Waals surface area contributed by atoms with Crippen LogP contribution < -0.4 is 38.5 Å². The maximum absolute atomic E-state index is 14.1. The molecule has 17 nitrogen and oxygen atoms in total. The number of carboxylic acids is 1. The molecule has 0 unspecified atom stereocenters. The van der Waals surface area contributed by atoms with E-state index in [1.165, 1.54) is 35.2 Å². The Balaban J connectivity index is 1.71. The lowest BCUT2D eigenvalue weighted by molar-refractivity contribution is 0.0696. The number of H-pyrrole nitrogens is 1. The van der Waals surface area contributed by atoms with E-state index in [4.69, 9.17) is 22.9 Å². The number of carbonyl (C=O) groups excluding carboxylic acids is 3. The molecule has 236 valence electrons. The summed E-state index contributed by atoms with van der Waals surface area (Å²) in [7, 11) is 3.29. The average Bonchev–Trinajstić information content (AvgIpc) is 3.69. The lowest BCUT2D eigenvalue weighted by Gasteiger charge is -2.19. The van der Waals surface area contributed by atoms with Crippen molar-refractivity contribution in [2.24, 2.45) is 47.0 Å². The normalized spacial score (nSPS) is 10.7. The molecule has 0 bridgehead atoms. The first-order valence-corrected chi connectivity index (χ1v) is 13.6. The summed E-state index contributed by atoms with van der Waals surface area (Å²) in [6.45, 7) is 0.711. The second-order valence-corrected chi connectivity index (χ2v) is 9.94. The van der Waals surface area contributed by atoms with Gasteiger partial charge in [0.25, 0.3) is 17.7 Å². The summed E-state index contributed by atoms with van der Waals surface area (Å²) in [5.41, 5.74) is 23.2. The average molecular weight is 619 g/mol. The van der Waals surface area contributed by atoms with Gasteiger partial charge in [0.05, 0.1) is 30.0 Å². The van der Waals surface area contributed by atoms with Crippen LogP contribution in [0.3, 0.4) is 0 Å². The Bertz CT molecular complexity index is 1740. The zero-order valence-electron chi connectivity index (χ0n) is 24.6. The van der Waals surface area contributed by atoms with Crippen molar-refractivity contribution in [3.63, 3.8) is 0 Å². The van der Waals surface area contributed by atoms with Crippen LogP contribution in [0.5, 0.6) is 0 Å². The van der Waals surface area contributed by atoms with Crippen molar-refractivity contribution in [3.05, 3.63) is 71.4 Å². The van der Waals surface area contributed by atoms with E-state index in [1.54, 1.807) is 41.7 Å². The first-order valence-electron chi connectivity index (χ1n) is 13.6. The van der Waals surface area contributed by atoms with Crippen LogP contribution in [0.1, 0.15) is 41.8 Å². The SMILES string of the molecule is Cn1cc(N(C(=O)c2cc3cc(C(=O)O)ccc3[nH]2)c2cc(C(=O)NCCN=C(N)N)n(C)c2)cc1C(=O)NCCN=C(N)N. The predicted molar refractivity (Wildman–Crippen MR) is 169 cm³/mol. The summed E-state index contributed by atoms with van der Waals surface area (Å²) >= 11 is 0. The van der Waals surface area contributed by atoms with E-state index in [2.05, 4.69) is 25.6 Å². The number of hydrogen-bond donors (Lipinski definition) is 8. The van der Waals surface area contributed by atoms with Gasteiger partial charge in [0.1, 0.15) is 17.1 Å². The molecule has 0 spiro atoms. The topological polar surface area (TPSA) is 270 Å². The molecule has 0 fully saturated rings. The monoisotopic (exact) mass is 618 g/mol. The number of nitrogens with one attached hydrogen (secondary N) is 3. The fraction of sp³-hybridized carbons (Fsp3) is 0.214. The van der Waals surface area contributed by atoms with Crippen molar-refractivity contribution in [2.75, 3.05) is 31.1 Å². The number of aromatic amines is 1. The van der Waals surface area contributed by atoms with Crippen LogP contribution in [0.4, 0.5) is 11.4 Å². The van der Waals surface area contributed by atoms with Crippen molar-refractivity contribution in [2.45, 2.75) is 0 Å². The number of hydrogen-bond acceptors (Lipinski definition) is 6. The summed E-state index contributed by atoms with van der Waals surface area (Å²) in [6, 6.07) is 9.05. The minimum absolute atomic E-state index is 0.0643. The van der Waals surface area contributed by atoms with E-state index < -0.39 is 23.7 Å². The standard InChI is InChI=1S/C28H34N12O5/c1-38-13-17(11-21(38)23(41)33-5-7-35-27(29)30)40(18-12-22(39(2)14-18)24(42)34-6-8-36-28(31)32)25(43)20-10-16-9-15(26(44)45)3-4-19(16)37-20/h3-4,9-14,37H,5-8H2,1-2H3,(H,33,41)(H,34,42)(H,44,45)(H4,29,30,35)(H4,31,32,36). The number of rotatable bonds is 12. The Kier molecular flexibility index (Phi) is 9.41. The van der Waals surface area contributed by atoms with Gasteiger partial charge in [0, 0.05) is 50.5 Å². The predicted octanol–water partition coefficient (Wildman–Crippen LogP) is -0.472. The molecule has 4 aromatic rings. The number of aromatic carboxylic acids is 1. The van der Waals surface area contributed by atoms with Gasteiger partial charge in [-0.25, -0.2) is 4.79 Å². The van der Waals surface area contributed by atoms with E-state index >= 15 is 0 Å². The number of anilines is 2. The number of aliphatic imine (C=N–C) groups is 2. The highest BCUT2D eigenvalue weighted by Gasteiger charge is 2.27. The lowest BCUT2D eigenvalue weighted by atomic mass is 10.1. The fourth-order valence-corrected chi connectivity index (χ4v) is 4.57. The lowest BCUT2D eigenvalue weighted by Crippen LogP contribution is -2.29. The van der Waals surface area contributed by atoms with Crippen LogP contribution >= 0.6 is 0 Å². The summed E-state index contributed by atoms with van der Waals surface area (Å²) in [5, 5.41) is 15.3. The number of fused-ring (bicyclic) bond motifs is 1. The Morgan fingerprint density at radius 3 is 1.80 bits per heavy atom. The third-order valence-corrected chi connectivity index (χ3v) is 6.65. The van der Waals surface area contributed by atoms with Gasteiger partial charge in [-0.2, -0.15) is 0 Å². The van der Waals surface area contributed by atoms with Crippen molar-refractivity contribution in [3.8, 4) is 0 Å². The summed E-state index contributed by atoms with van der Waals surface area (Å²) in [5.74, 6) is -2.68. The van der Waals surface area contributed by atoms with Gasteiger partial charge in [-0.1, -0.05) is 0 Å². The van der Waals surface area contributed by atoms with Crippen molar-refractivity contribution in [1.82, 2.24) is 24.8 Å². The van der Waals surface area contributed by atoms with Gasteiger partial charge < -0.3 is 52.8 Å². The van der Waals surface area contributed by atoms with Crippen LogP contribution in [0.2, 0.25) is 0 Å². The molecule has 3 heterocycles. The molecule has 3 aromatic heterocycles. The van der Waals surface area contributed by atoms with Gasteiger partial charge in [-0.15, -0.1) is 0 Å². The molecule has 0 aliphatic carbocycles. The molecule has 0 aliphatic heterocycles.